The van der Waals surface area contributed by atoms with E-state index in [1.54, 1.807) is 0 Å². The van der Waals surface area contributed by atoms with Gasteiger partial charge >= 0.3 is 0 Å². The fourth-order valence-corrected chi connectivity index (χ4v) is 7.24. The smallest absolute Gasteiger partial charge is 0.204 e. The van der Waals surface area contributed by atoms with Gasteiger partial charge in [-0.15, -0.1) is 0 Å². The van der Waals surface area contributed by atoms with Gasteiger partial charge in [-0.1, -0.05) is 60.4 Å². The van der Waals surface area contributed by atoms with Gasteiger partial charge in [-0.3, -0.25) is 14.4 Å². The van der Waals surface area contributed by atoms with E-state index in [1.165, 1.54) is 17.2 Å². The van der Waals surface area contributed by atoms with Crippen LogP contribution in [-0.2, 0) is 10.2 Å². The first-order chi connectivity index (χ1) is 20.5. The summed E-state index contributed by atoms with van der Waals surface area (Å²) in [5.74, 6) is -1.61. The molecule has 3 atom stereocenters. The van der Waals surface area contributed by atoms with Crippen LogP contribution in [0.1, 0.15) is 117 Å². The van der Waals surface area contributed by atoms with Crippen molar-refractivity contribution >= 4 is 22.5 Å². The van der Waals surface area contributed by atoms with Gasteiger partial charge in [0.2, 0.25) is 5.43 Å². The predicted octanol–water partition coefficient (Wildman–Crippen LogP) is 9.04. The van der Waals surface area contributed by atoms with Gasteiger partial charge in [0.15, 0.2) is 23.1 Å². The Labute approximate surface area is 261 Å². The summed E-state index contributed by atoms with van der Waals surface area (Å²) in [6.07, 6.45) is 11.8. The number of hydrogen-bond donors (Lipinski definition) is 2. The summed E-state index contributed by atoms with van der Waals surface area (Å²) < 4.78 is 6.44. The largest absolute Gasteiger partial charge is 0.504 e. The Balaban J connectivity index is 2.06. The molecule has 1 saturated carbocycles. The third-order valence-corrected chi connectivity index (χ3v) is 10.1. The standard InChI is InChI=1S/C38H48O6/c1-22(2)11-10-12-25(7)13-14-26-21-37(17-15-23(3)4)33(42)31-32(41)27-19-28(39)29(40)20-30(27)44-34(31)38(35(37)43,36(26,8)9)18-16-24(5)6/h11,13,15-16,19-20,26,39-40H,10,12,14,17-18,21H2,1-9H3/b25-13+/t26-,37+,38+/m1/s1. The summed E-state index contributed by atoms with van der Waals surface area (Å²) in [7, 11) is 0. The number of phenolic OH excluding ortho intramolecular Hbond substituents is 2. The van der Waals surface area contributed by atoms with Gasteiger partial charge in [0.25, 0.3) is 0 Å². The van der Waals surface area contributed by atoms with Gasteiger partial charge in [0, 0.05) is 6.07 Å². The van der Waals surface area contributed by atoms with E-state index in [1.807, 2.05) is 39.8 Å². The summed E-state index contributed by atoms with van der Waals surface area (Å²) in [4.78, 5) is 44.1. The number of carbonyl (C=O) groups excluding carboxylic acids is 2. The van der Waals surface area contributed by atoms with Gasteiger partial charge in [-0.25, -0.2) is 0 Å². The molecule has 2 aliphatic rings. The maximum absolute atomic E-state index is 15.2. The molecule has 6 heteroatoms. The summed E-state index contributed by atoms with van der Waals surface area (Å²) in [5, 5.41) is 20.5. The fraction of sp³-hybridized carbons (Fsp3) is 0.500. The Kier molecular flexibility index (Phi) is 9.08. The molecule has 1 aromatic heterocycles. The van der Waals surface area contributed by atoms with Crippen LogP contribution in [0.5, 0.6) is 11.5 Å². The first kappa shape index (κ1) is 33.2. The number of ketones is 2. The lowest BCUT2D eigenvalue weighted by Gasteiger charge is -2.60. The van der Waals surface area contributed by atoms with Crippen LogP contribution >= 0.6 is 0 Å². The van der Waals surface area contributed by atoms with Crippen LogP contribution in [0, 0.1) is 16.7 Å². The van der Waals surface area contributed by atoms with Crippen LogP contribution in [0.15, 0.2) is 67.9 Å². The molecule has 0 radical (unpaired) electrons. The molecule has 4 rings (SSSR count). The van der Waals surface area contributed by atoms with E-state index < -0.39 is 39.0 Å². The number of fused-ring (bicyclic) bond motifs is 5. The molecule has 236 valence electrons. The van der Waals surface area contributed by atoms with Gasteiger partial charge in [0.1, 0.15) is 16.9 Å². The third kappa shape index (κ3) is 5.41. The number of allylic oxidation sites excluding steroid dienone is 8. The molecule has 2 N–H and O–H groups in total. The Bertz CT molecular complexity index is 1680. The molecule has 0 amide bonds. The quantitative estimate of drug-likeness (QED) is 0.169. The average molecular weight is 601 g/mol. The van der Waals surface area contributed by atoms with Crippen molar-refractivity contribution in [1.29, 1.82) is 0 Å². The predicted molar refractivity (Wildman–Crippen MR) is 176 cm³/mol. The van der Waals surface area contributed by atoms with Crippen molar-refractivity contribution in [2.24, 2.45) is 16.7 Å². The lowest BCUT2D eigenvalue weighted by molar-refractivity contribution is -0.151. The zero-order chi connectivity index (χ0) is 32.8. The molecule has 6 nitrogen and oxygen atoms in total. The first-order valence-electron chi connectivity index (χ1n) is 15.7. The molecule has 1 fully saturated rings. The Morgan fingerprint density at radius 2 is 1.45 bits per heavy atom. The highest BCUT2D eigenvalue weighted by Gasteiger charge is 2.72. The summed E-state index contributed by atoms with van der Waals surface area (Å²) in [6.45, 7) is 18.3. The second-order valence-electron chi connectivity index (χ2n) is 14.3. The summed E-state index contributed by atoms with van der Waals surface area (Å²) >= 11 is 0. The number of hydrogen-bond acceptors (Lipinski definition) is 6. The lowest BCUT2D eigenvalue weighted by Crippen LogP contribution is -2.68. The SMILES string of the molecule is CC(C)=CCC/C(C)=C/C[C@@H]1C[C@@]2(CC=C(C)C)C(=O)c3c(oc4cc(O)c(O)cc4c3=O)[C@@](CC=C(C)C)(C2=O)C1(C)C. The second kappa shape index (κ2) is 12.0. The minimum atomic E-state index is -1.43. The molecular formula is C38H48O6. The normalized spacial score (nSPS) is 24.1. The molecule has 1 heterocycles. The van der Waals surface area contributed by atoms with Gasteiger partial charge in [-0.05, 0) is 104 Å². The average Bonchev–Trinajstić information content (AvgIpc) is 2.92. The van der Waals surface area contributed by atoms with Crippen LogP contribution in [0.4, 0.5) is 0 Å². The van der Waals surface area contributed by atoms with E-state index in [2.05, 4.69) is 46.8 Å². The van der Waals surface area contributed by atoms with Crippen LogP contribution in [0.3, 0.4) is 0 Å². The highest BCUT2D eigenvalue weighted by Crippen LogP contribution is 2.65. The fourth-order valence-electron chi connectivity index (χ4n) is 7.24. The zero-order valence-corrected chi connectivity index (χ0v) is 27.8. The Morgan fingerprint density at radius 3 is 2.07 bits per heavy atom. The number of aromatic hydroxyl groups is 2. The minimum absolute atomic E-state index is 0.00108. The van der Waals surface area contributed by atoms with Gasteiger partial charge < -0.3 is 14.6 Å². The number of phenols is 2. The van der Waals surface area contributed by atoms with Crippen LogP contribution in [0.2, 0.25) is 0 Å². The zero-order valence-electron chi connectivity index (χ0n) is 27.8. The molecular weight excluding hydrogens is 552 g/mol. The molecule has 1 aromatic carbocycles. The van der Waals surface area contributed by atoms with Crippen LogP contribution in [0.25, 0.3) is 11.0 Å². The Hall–Kier alpha value is -3.67. The van der Waals surface area contributed by atoms with E-state index in [-0.39, 0.29) is 46.8 Å². The number of benzene rings is 1. The molecule has 0 aliphatic heterocycles. The van der Waals surface area contributed by atoms with Crippen molar-refractivity contribution in [1.82, 2.24) is 0 Å². The maximum Gasteiger partial charge on any atom is 0.204 e. The second-order valence-corrected chi connectivity index (χ2v) is 14.3. The molecule has 0 spiro atoms. The minimum Gasteiger partial charge on any atom is -0.504 e. The molecule has 2 bridgehead atoms. The highest BCUT2D eigenvalue weighted by atomic mass is 16.3. The van der Waals surface area contributed by atoms with Crippen molar-refractivity contribution in [3.8, 4) is 11.5 Å². The number of rotatable bonds is 9. The van der Waals surface area contributed by atoms with Crippen molar-refractivity contribution in [3.05, 3.63) is 80.3 Å². The van der Waals surface area contributed by atoms with E-state index in [9.17, 15) is 19.8 Å². The van der Waals surface area contributed by atoms with Crippen LogP contribution < -0.4 is 5.43 Å². The number of carbonyl (C=O) groups is 2. The molecule has 2 aliphatic carbocycles. The van der Waals surface area contributed by atoms with E-state index in [4.69, 9.17) is 4.42 Å². The number of Topliss-reactive ketones (excluding diaryl/α,β-unsaturated/α-hetero) is 2. The summed E-state index contributed by atoms with van der Waals surface area (Å²) in [5.41, 5.74) is 0.452. The Morgan fingerprint density at radius 1 is 0.864 bits per heavy atom. The van der Waals surface area contributed by atoms with E-state index in [0.29, 0.717) is 12.8 Å². The van der Waals surface area contributed by atoms with E-state index in [0.717, 1.165) is 30.1 Å². The maximum atomic E-state index is 15.2. The summed E-state index contributed by atoms with van der Waals surface area (Å²) in [6, 6.07) is 2.32. The monoisotopic (exact) mass is 600 g/mol. The molecule has 2 aromatic rings. The topological polar surface area (TPSA) is 105 Å². The van der Waals surface area contributed by atoms with Crippen molar-refractivity contribution in [3.63, 3.8) is 0 Å². The lowest BCUT2D eigenvalue weighted by atomic mass is 9.40. The molecule has 0 unspecified atom stereocenters. The van der Waals surface area contributed by atoms with Crippen molar-refractivity contribution in [2.75, 3.05) is 0 Å². The van der Waals surface area contributed by atoms with Crippen LogP contribution in [-0.4, -0.2) is 21.8 Å². The molecule has 0 saturated heterocycles. The first-order valence-corrected chi connectivity index (χ1v) is 15.7. The molecule has 44 heavy (non-hydrogen) atoms. The van der Waals surface area contributed by atoms with Crippen molar-refractivity contribution in [2.45, 2.75) is 106 Å². The highest BCUT2D eigenvalue weighted by molar-refractivity contribution is 6.23. The van der Waals surface area contributed by atoms with E-state index >= 15 is 4.79 Å². The van der Waals surface area contributed by atoms with Crippen molar-refractivity contribution < 1.29 is 24.2 Å². The van der Waals surface area contributed by atoms with Gasteiger partial charge in [-0.2, -0.15) is 0 Å². The van der Waals surface area contributed by atoms with Gasteiger partial charge in [0.05, 0.1) is 16.2 Å². The third-order valence-electron chi connectivity index (χ3n) is 10.1.